The molecule has 3 N–H and O–H groups in total. The lowest BCUT2D eigenvalue weighted by Crippen LogP contribution is -2.29. The monoisotopic (exact) mass is 391 g/mol. The Labute approximate surface area is 169 Å². The van der Waals surface area contributed by atoms with Crippen molar-refractivity contribution < 1.29 is 9.18 Å². The summed E-state index contributed by atoms with van der Waals surface area (Å²) in [7, 11) is 0. The summed E-state index contributed by atoms with van der Waals surface area (Å²) in [5, 5.41) is 7.49. The van der Waals surface area contributed by atoms with Gasteiger partial charge in [0.05, 0.1) is 0 Å². The Morgan fingerprint density at radius 1 is 1.17 bits per heavy atom. The first-order valence-electron chi connectivity index (χ1n) is 10.4. The molecule has 1 amide bonds. The Bertz CT molecular complexity index is 1080. The van der Waals surface area contributed by atoms with Crippen molar-refractivity contribution >= 4 is 16.8 Å². The highest BCUT2D eigenvalue weighted by molar-refractivity contribution is 5.99. The fourth-order valence-electron chi connectivity index (χ4n) is 3.71. The van der Waals surface area contributed by atoms with Crippen LogP contribution in [0.2, 0.25) is 0 Å². The summed E-state index contributed by atoms with van der Waals surface area (Å²) >= 11 is 0. The standard InChI is InChI=1S/C24H26FN3O/c1-24(8-9-24)14-27-23(29)22-11-17-10-15(3-7-21(17)28-22)20-12-18(25)4-2-16(20)13-26-19-5-6-19/h2-4,7,10-12,19,26,28H,5-6,8-9,13-14H2,1H3,(H,27,29). The van der Waals surface area contributed by atoms with E-state index >= 15 is 0 Å². The largest absolute Gasteiger partial charge is 0.351 e. The second kappa shape index (κ2) is 6.99. The summed E-state index contributed by atoms with van der Waals surface area (Å²) in [6.07, 6.45) is 4.79. The lowest BCUT2D eigenvalue weighted by atomic mass is 9.98. The van der Waals surface area contributed by atoms with E-state index < -0.39 is 0 Å². The van der Waals surface area contributed by atoms with Gasteiger partial charge >= 0.3 is 0 Å². The van der Waals surface area contributed by atoms with Crippen molar-refractivity contribution in [2.45, 2.75) is 45.2 Å². The number of rotatable bonds is 7. The number of fused-ring (bicyclic) bond motifs is 1. The molecule has 0 aliphatic heterocycles. The van der Waals surface area contributed by atoms with Crippen molar-refractivity contribution in [1.82, 2.24) is 15.6 Å². The SMILES string of the molecule is CC1(CNC(=O)c2cc3cc(-c4cc(F)ccc4CNC4CC4)ccc3[nH]2)CC1. The molecule has 2 aliphatic carbocycles. The van der Waals surface area contributed by atoms with Gasteiger partial charge in [-0.1, -0.05) is 19.1 Å². The van der Waals surface area contributed by atoms with E-state index in [4.69, 9.17) is 0 Å². The maximum Gasteiger partial charge on any atom is 0.267 e. The Hall–Kier alpha value is -2.66. The van der Waals surface area contributed by atoms with Gasteiger partial charge in [-0.3, -0.25) is 4.79 Å². The Morgan fingerprint density at radius 2 is 2.00 bits per heavy atom. The molecule has 29 heavy (non-hydrogen) atoms. The molecule has 2 aliphatic rings. The van der Waals surface area contributed by atoms with E-state index in [2.05, 4.69) is 22.5 Å². The minimum Gasteiger partial charge on any atom is -0.351 e. The lowest BCUT2D eigenvalue weighted by Gasteiger charge is -2.11. The molecule has 0 atom stereocenters. The highest BCUT2D eigenvalue weighted by Gasteiger charge is 2.37. The van der Waals surface area contributed by atoms with Crippen LogP contribution in [0.3, 0.4) is 0 Å². The molecule has 150 valence electrons. The minimum absolute atomic E-state index is 0.0732. The molecule has 2 fully saturated rings. The van der Waals surface area contributed by atoms with Gasteiger partial charge in [-0.15, -0.1) is 0 Å². The first kappa shape index (κ1) is 18.4. The van der Waals surface area contributed by atoms with Gasteiger partial charge < -0.3 is 15.6 Å². The summed E-state index contributed by atoms with van der Waals surface area (Å²) in [5.74, 6) is -0.311. The lowest BCUT2D eigenvalue weighted by molar-refractivity contribution is 0.0942. The van der Waals surface area contributed by atoms with E-state index in [-0.39, 0.29) is 17.1 Å². The second-order valence-corrected chi connectivity index (χ2v) is 8.94. The average molecular weight is 391 g/mol. The minimum atomic E-state index is -0.238. The summed E-state index contributed by atoms with van der Waals surface area (Å²) in [4.78, 5) is 15.7. The van der Waals surface area contributed by atoms with Crippen molar-refractivity contribution in [2.75, 3.05) is 6.54 Å². The Balaban J connectivity index is 1.41. The van der Waals surface area contributed by atoms with Crippen LogP contribution in [0, 0.1) is 11.2 Å². The van der Waals surface area contributed by atoms with Crippen LogP contribution in [-0.2, 0) is 6.54 Å². The number of benzene rings is 2. The molecule has 1 aromatic heterocycles. The smallest absolute Gasteiger partial charge is 0.267 e. The number of hydrogen-bond donors (Lipinski definition) is 3. The summed E-state index contributed by atoms with van der Waals surface area (Å²) < 4.78 is 14.0. The zero-order valence-corrected chi connectivity index (χ0v) is 16.6. The highest BCUT2D eigenvalue weighted by atomic mass is 19.1. The van der Waals surface area contributed by atoms with E-state index in [9.17, 15) is 9.18 Å². The van der Waals surface area contributed by atoms with E-state index in [0.717, 1.165) is 34.1 Å². The van der Waals surface area contributed by atoms with Gasteiger partial charge in [-0.2, -0.15) is 0 Å². The van der Waals surface area contributed by atoms with Crippen molar-refractivity contribution in [3.05, 3.63) is 59.5 Å². The molecule has 4 nitrogen and oxygen atoms in total. The van der Waals surface area contributed by atoms with Crippen LogP contribution in [0.4, 0.5) is 4.39 Å². The molecule has 0 spiro atoms. The number of carbonyl (C=O) groups excluding carboxylic acids is 1. The maximum absolute atomic E-state index is 14.0. The number of halogens is 1. The van der Waals surface area contributed by atoms with E-state index in [1.165, 1.54) is 31.7 Å². The molecule has 0 bridgehead atoms. The zero-order chi connectivity index (χ0) is 20.0. The van der Waals surface area contributed by atoms with Crippen LogP contribution in [0.15, 0.2) is 42.5 Å². The van der Waals surface area contributed by atoms with Crippen LogP contribution in [0.1, 0.15) is 48.7 Å². The number of aromatic nitrogens is 1. The van der Waals surface area contributed by atoms with Gasteiger partial charge in [0.25, 0.3) is 5.91 Å². The third-order valence-electron chi connectivity index (χ3n) is 6.19. The van der Waals surface area contributed by atoms with E-state index in [0.29, 0.717) is 18.3 Å². The fraction of sp³-hybridized carbons (Fsp3) is 0.375. The predicted molar refractivity (Wildman–Crippen MR) is 113 cm³/mol. The Kier molecular flexibility index (Phi) is 4.43. The molecule has 5 rings (SSSR count). The number of H-pyrrole nitrogens is 1. The highest BCUT2D eigenvalue weighted by Crippen LogP contribution is 2.44. The number of nitrogens with one attached hydrogen (secondary N) is 3. The van der Waals surface area contributed by atoms with Crippen LogP contribution in [0.5, 0.6) is 0 Å². The normalized spacial score (nSPS) is 17.4. The zero-order valence-electron chi connectivity index (χ0n) is 16.6. The van der Waals surface area contributed by atoms with E-state index in [1.54, 1.807) is 6.07 Å². The number of aromatic amines is 1. The molecular formula is C24H26FN3O. The third kappa shape index (κ3) is 4.06. The van der Waals surface area contributed by atoms with Crippen molar-refractivity contribution in [1.29, 1.82) is 0 Å². The van der Waals surface area contributed by atoms with Crippen molar-refractivity contribution in [3.63, 3.8) is 0 Å². The van der Waals surface area contributed by atoms with Crippen LogP contribution < -0.4 is 10.6 Å². The van der Waals surface area contributed by atoms with Gasteiger partial charge in [0.15, 0.2) is 0 Å². The van der Waals surface area contributed by atoms with Crippen molar-refractivity contribution in [3.8, 4) is 11.1 Å². The van der Waals surface area contributed by atoms with Gasteiger partial charge in [0.2, 0.25) is 0 Å². The van der Waals surface area contributed by atoms with Gasteiger partial charge in [-0.25, -0.2) is 4.39 Å². The number of hydrogen-bond acceptors (Lipinski definition) is 2. The fourth-order valence-corrected chi connectivity index (χ4v) is 3.71. The van der Waals surface area contributed by atoms with Crippen LogP contribution >= 0.6 is 0 Å². The van der Waals surface area contributed by atoms with E-state index in [1.807, 2.05) is 30.3 Å². The van der Waals surface area contributed by atoms with Crippen LogP contribution in [-0.4, -0.2) is 23.5 Å². The van der Waals surface area contributed by atoms with Crippen LogP contribution in [0.25, 0.3) is 22.0 Å². The third-order valence-corrected chi connectivity index (χ3v) is 6.19. The number of amides is 1. The molecule has 2 aromatic carbocycles. The quantitative estimate of drug-likeness (QED) is 0.544. The summed E-state index contributed by atoms with van der Waals surface area (Å²) in [6.45, 7) is 3.64. The van der Waals surface area contributed by atoms with Gasteiger partial charge in [0.1, 0.15) is 11.5 Å². The van der Waals surface area contributed by atoms with Gasteiger partial charge in [0, 0.05) is 30.0 Å². The molecular weight excluding hydrogens is 365 g/mol. The van der Waals surface area contributed by atoms with Crippen molar-refractivity contribution in [2.24, 2.45) is 5.41 Å². The maximum atomic E-state index is 14.0. The summed E-state index contributed by atoms with van der Waals surface area (Å²) in [6, 6.07) is 13.4. The first-order chi connectivity index (χ1) is 14.0. The molecule has 1 heterocycles. The molecule has 0 unspecified atom stereocenters. The second-order valence-electron chi connectivity index (χ2n) is 8.94. The Morgan fingerprint density at radius 3 is 2.76 bits per heavy atom. The molecule has 5 heteroatoms. The number of carbonyl (C=O) groups is 1. The summed E-state index contributed by atoms with van der Waals surface area (Å²) in [5.41, 5.74) is 4.69. The molecule has 2 saturated carbocycles. The average Bonchev–Trinajstić information content (AvgIpc) is 3.63. The molecule has 0 saturated heterocycles. The van der Waals surface area contributed by atoms with Gasteiger partial charge in [-0.05, 0) is 78.1 Å². The molecule has 3 aromatic rings. The topological polar surface area (TPSA) is 56.9 Å². The first-order valence-corrected chi connectivity index (χ1v) is 10.4. The predicted octanol–water partition coefficient (Wildman–Crippen LogP) is 4.76. The molecule has 0 radical (unpaired) electrons.